The van der Waals surface area contributed by atoms with E-state index in [2.05, 4.69) is 43.2 Å². The van der Waals surface area contributed by atoms with Crippen molar-refractivity contribution >= 4 is 28.3 Å². The molecule has 2 aromatic rings. The van der Waals surface area contributed by atoms with Gasteiger partial charge in [-0.05, 0) is 63.4 Å². The van der Waals surface area contributed by atoms with Crippen molar-refractivity contribution in [1.82, 2.24) is 9.88 Å². The molecule has 1 saturated heterocycles. The lowest BCUT2D eigenvalue weighted by Crippen LogP contribution is -2.35. The van der Waals surface area contributed by atoms with Gasteiger partial charge in [0.05, 0.1) is 17.7 Å². The molecule has 0 bridgehead atoms. The number of benzene rings is 1. The largest absolute Gasteiger partial charge is 0.481 e. The molecule has 0 spiro atoms. The van der Waals surface area contributed by atoms with E-state index in [-0.39, 0.29) is 12.5 Å². The number of hydrogen-bond donors (Lipinski definition) is 2. The number of carbonyl (C=O) groups is 2. The zero-order chi connectivity index (χ0) is 19.8. The van der Waals surface area contributed by atoms with Crippen molar-refractivity contribution in [2.75, 3.05) is 25.0 Å². The molecule has 7 heteroatoms. The van der Waals surface area contributed by atoms with Crippen LogP contribution in [0.2, 0.25) is 0 Å². The fraction of sp³-hybridized carbons (Fsp3) is 0.450. The number of nitrogens with zero attached hydrogens (tertiary/aromatic N) is 2. The minimum Gasteiger partial charge on any atom is -0.481 e. The molecule has 1 aromatic carbocycles. The maximum Gasteiger partial charge on any atom is 0.310 e. The first-order chi connectivity index (χ1) is 12.7. The zero-order valence-electron chi connectivity index (χ0n) is 16.1. The van der Waals surface area contributed by atoms with E-state index in [1.165, 1.54) is 22.5 Å². The maximum absolute atomic E-state index is 12.3. The summed E-state index contributed by atoms with van der Waals surface area (Å²) in [6.07, 6.45) is 0.559. The molecule has 1 amide bonds. The maximum atomic E-state index is 12.3. The van der Waals surface area contributed by atoms with E-state index in [1.54, 1.807) is 6.92 Å². The van der Waals surface area contributed by atoms with Crippen molar-refractivity contribution in [3.05, 3.63) is 34.2 Å². The molecule has 6 nitrogen and oxygen atoms in total. The zero-order valence-corrected chi connectivity index (χ0v) is 16.9. The van der Waals surface area contributed by atoms with Gasteiger partial charge >= 0.3 is 5.97 Å². The van der Waals surface area contributed by atoms with E-state index in [4.69, 9.17) is 0 Å². The molecule has 1 atom stereocenters. The summed E-state index contributed by atoms with van der Waals surface area (Å²) in [5.41, 5.74) is 4.78. The quantitative estimate of drug-likeness (QED) is 0.821. The number of nitrogens with one attached hydrogen (secondary N) is 1. The third kappa shape index (κ3) is 4.20. The van der Waals surface area contributed by atoms with Crippen LogP contribution >= 0.6 is 11.3 Å². The van der Waals surface area contributed by atoms with Gasteiger partial charge in [0.25, 0.3) is 0 Å². The number of aliphatic carboxylic acids is 1. The van der Waals surface area contributed by atoms with Gasteiger partial charge < -0.3 is 10.4 Å². The number of likely N-dealkylation sites (tertiary alicyclic amines) is 1. The molecular weight excluding hydrogens is 362 g/mol. The van der Waals surface area contributed by atoms with Crippen molar-refractivity contribution in [2.45, 2.75) is 34.1 Å². The van der Waals surface area contributed by atoms with Crippen LogP contribution in [-0.2, 0) is 9.59 Å². The highest BCUT2D eigenvalue weighted by atomic mass is 32.1. The van der Waals surface area contributed by atoms with Crippen LogP contribution in [-0.4, -0.2) is 46.5 Å². The van der Waals surface area contributed by atoms with Gasteiger partial charge in [-0.1, -0.05) is 6.07 Å². The SMILES string of the molecule is Cc1cc(C)c(-c2csc(NC(=O)CN3CCC(C)(C(=O)O)C3)n2)cc1C. The number of aromatic nitrogens is 1. The number of carboxylic acid groups (broad SMARTS) is 1. The Hall–Kier alpha value is -2.25. The summed E-state index contributed by atoms with van der Waals surface area (Å²) in [6.45, 7) is 9.14. The number of amides is 1. The van der Waals surface area contributed by atoms with Crippen LogP contribution < -0.4 is 5.32 Å². The van der Waals surface area contributed by atoms with Crippen molar-refractivity contribution in [1.29, 1.82) is 0 Å². The van der Waals surface area contributed by atoms with E-state index in [0.29, 0.717) is 24.6 Å². The third-order valence-corrected chi connectivity index (χ3v) is 6.06. The Morgan fingerprint density at radius 3 is 2.63 bits per heavy atom. The minimum absolute atomic E-state index is 0.164. The lowest BCUT2D eigenvalue weighted by molar-refractivity contribution is -0.147. The number of carboxylic acids is 1. The predicted molar refractivity (Wildman–Crippen MR) is 107 cm³/mol. The standard InChI is InChI=1S/C20H25N3O3S/c1-12-7-14(3)15(8-13(12)2)16-10-27-19(21-16)22-17(24)9-23-6-5-20(4,11-23)18(25)26/h7-8,10H,5-6,9,11H2,1-4H3,(H,25,26)(H,21,22,24). The average molecular weight is 388 g/mol. The van der Waals surface area contributed by atoms with Crippen LogP contribution in [0.5, 0.6) is 0 Å². The Balaban J connectivity index is 1.64. The van der Waals surface area contributed by atoms with Gasteiger partial charge in [-0.2, -0.15) is 0 Å². The number of hydrogen-bond acceptors (Lipinski definition) is 5. The molecule has 1 aliphatic heterocycles. The highest BCUT2D eigenvalue weighted by Gasteiger charge is 2.40. The summed E-state index contributed by atoms with van der Waals surface area (Å²) in [5.74, 6) is -0.971. The molecule has 0 saturated carbocycles. The van der Waals surface area contributed by atoms with Crippen LogP contribution in [0.15, 0.2) is 17.5 Å². The van der Waals surface area contributed by atoms with Crippen LogP contribution in [0.25, 0.3) is 11.3 Å². The molecule has 1 aromatic heterocycles. The van der Waals surface area contributed by atoms with Gasteiger partial charge in [0.15, 0.2) is 5.13 Å². The van der Waals surface area contributed by atoms with Gasteiger partial charge in [0, 0.05) is 17.5 Å². The van der Waals surface area contributed by atoms with E-state index in [9.17, 15) is 14.7 Å². The summed E-state index contributed by atoms with van der Waals surface area (Å²) in [7, 11) is 0. The lowest BCUT2D eigenvalue weighted by Gasteiger charge is -2.19. The second-order valence-corrected chi connectivity index (χ2v) is 8.52. The average Bonchev–Trinajstić information content (AvgIpc) is 3.18. The van der Waals surface area contributed by atoms with Gasteiger partial charge in [0.2, 0.25) is 5.91 Å². The van der Waals surface area contributed by atoms with E-state index in [0.717, 1.165) is 16.8 Å². The molecule has 144 valence electrons. The number of aryl methyl sites for hydroxylation is 3. The highest BCUT2D eigenvalue weighted by molar-refractivity contribution is 7.14. The van der Waals surface area contributed by atoms with Crippen LogP contribution in [0.1, 0.15) is 30.0 Å². The Morgan fingerprint density at radius 1 is 1.26 bits per heavy atom. The molecule has 1 aliphatic rings. The highest BCUT2D eigenvalue weighted by Crippen LogP contribution is 2.31. The first kappa shape index (κ1) is 19.5. The predicted octanol–water partition coefficient (Wildman–Crippen LogP) is 3.47. The fourth-order valence-electron chi connectivity index (χ4n) is 3.42. The molecule has 1 fully saturated rings. The summed E-state index contributed by atoms with van der Waals surface area (Å²) in [6, 6.07) is 4.28. The molecule has 2 heterocycles. The van der Waals surface area contributed by atoms with Gasteiger partial charge in [-0.3, -0.25) is 14.5 Å². The summed E-state index contributed by atoms with van der Waals surface area (Å²) in [5, 5.41) is 14.6. The normalized spacial score (nSPS) is 20.0. The topological polar surface area (TPSA) is 82.5 Å². The van der Waals surface area contributed by atoms with Gasteiger partial charge in [-0.15, -0.1) is 11.3 Å². The van der Waals surface area contributed by atoms with E-state index in [1.807, 2.05) is 10.3 Å². The van der Waals surface area contributed by atoms with Gasteiger partial charge in [-0.25, -0.2) is 4.98 Å². The van der Waals surface area contributed by atoms with Crippen molar-refractivity contribution in [2.24, 2.45) is 5.41 Å². The first-order valence-electron chi connectivity index (χ1n) is 8.97. The van der Waals surface area contributed by atoms with Crippen LogP contribution in [0.3, 0.4) is 0 Å². The molecule has 1 unspecified atom stereocenters. The van der Waals surface area contributed by atoms with Crippen LogP contribution in [0.4, 0.5) is 5.13 Å². The number of thiazole rings is 1. The summed E-state index contributed by atoms with van der Waals surface area (Å²) >= 11 is 1.40. The second-order valence-electron chi connectivity index (χ2n) is 7.66. The Morgan fingerprint density at radius 2 is 1.96 bits per heavy atom. The van der Waals surface area contributed by atoms with E-state index < -0.39 is 11.4 Å². The second kappa shape index (κ2) is 7.40. The Labute approximate surface area is 163 Å². The molecule has 27 heavy (non-hydrogen) atoms. The Kier molecular flexibility index (Phi) is 5.35. The van der Waals surface area contributed by atoms with Gasteiger partial charge in [0.1, 0.15) is 0 Å². The van der Waals surface area contributed by atoms with E-state index >= 15 is 0 Å². The van der Waals surface area contributed by atoms with Crippen molar-refractivity contribution < 1.29 is 14.7 Å². The fourth-order valence-corrected chi connectivity index (χ4v) is 4.15. The molecule has 0 radical (unpaired) electrons. The third-order valence-electron chi connectivity index (χ3n) is 5.30. The molecular formula is C20H25N3O3S. The van der Waals surface area contributed by atoms with Crippen molar-refractivity contribution in [3.8, 4) is 11.3 Å². The molecule has 0 aliphatic carbocycles. The summed E-state index contributed by atoms with van der Waals surface area (Å²) in [4.78, 5) is 30.1. The number of rotatable bonds is 5. The van der Waals surface area contributed by atoms with Crippen LogP contribution in [0, 0.1) is 26.2 Å². The monoisotopic (exact) mass is 387 g/mol. The first-order valence-corrected chi connectivity index (χ1v) is 9.85. The lowest BCUT2D eigenvalue weighted by atomic mass is 9.90. The number of anilines is 1. The summed E-state index contributed by atoms with van der Waals surface area (Å²) < 4.78 is 0. The molecule has 2 N–H and O–H groups in total. The number of carbonyl (C=O) groups excluding carboxylic acids is 1. The Bertz CT molecular complexity index is 893. The minimum atomic E-state index is -0.807. The molecule has 3 rings (SSSR count). The van der Waals surface area contributed by atoms with Crippen molar-refractivity contribution in [3.63, 3.8) is 0 Å². The smallest absolute Gasteiger partial charge is 0.310 e.